The Morgan fingerprint density at radius 1 is 1.30 bits per heavy atom. The molecule has 4 rings (SSSR count). The number of carbonyl (C=O) groups is 1. The summed E-state index contributed by atoms with van der Waals surface area (Å²) in [6.07, 6.45) is 5.62. The van der Waals surface area contributed by atoms with Crippen LogP contribution in [0.15, 0.2) is 24.7 Å². The molecular weight excluding hydrogens is 522 g/mol. The molecule has 0 radical (unpaired) electrons. The summed E-state index contributed by atoms with van der Waals surface area (Å²) >= 11 is 0. The number of unbranched alkanes of at least 4 members (excludes halogenated alkanes) is 1. The van der Waals surface area contributed by atoms with Gasteiger partial charge in [-0.25, -0.2) is 18.4 Å². The Balaban J connectivity index is 1.33. The second-order valence-corrected chi connectivity index (χ2v) is 10.1. The van der Waals surface area contributed by atoms with E-state index in [1.54, 1.807) is 17.9 Å². The third-order valence-electron chi connectivity index (χ3n) is 7.12. The molecule has 3 N–H and O–H groups in total. The number of ether oxygens (including phenoxy) is 1. The number of aromatic nitrogens is 5. The van der Waals surface area contributed by atoms with Gasteiger partial charge in [0.1, 0.15) is 23.9 Å². The van der Waals surface area contributed by atoms with Gasteiger partial charge in [0.05, 0.1) is 12.8 Å². The molecular formula is C27H39F2N8O3+. The van der Waals surface area contributed by atoms with Crippen LogP contribution in [-0.2, 0) is 29.4 Å². The fraction of sp³-hybridized carbons (Fsp3) is 0.593. The molecule has 0 unspecified atom stereocenters. The van der Waals surface area contributed by atoms with Crippen molar-refractivity contribution in [3.63, 3.8) is 0 Å². The molecule has 11 nitrogen and oxygen atoms in total. The molecule has 0 saturated heterocycles. The van der Waals surface area contributed by atoms with Crippen molar-refractivity contribution in [3.8, 4) is 0 Å². The van der Waals surface area contributed by atoms with Gasteiger partial charge in [0.15, 0.2) is 5.78 Å². The van der Waals surface area contributed by atoms with E-state index in [4.69, 9.17) is 9.72 Å². The van der Waals surface area contributed by atoms with Gasteiger partial charge >= 0.3 is 0 Å². The fourth-order valence-corrected chi connectivity index (χ4v) is 4.89. The topological polar surface area (TPSA) is 121 Å². The minimum Gasteiger partial charge on any atom is -0.374 e. The number of nitrogens with one attached hydrogen (secondary N) is 2. The maximum atomic E-state index is 12.5. The fourth-order valence-electron chi connectivity index (χ4n) is 4.89. The average Bonchev–Trinajstić information content (AvgIpc) is 3.31. The first kappa shape index (κ1) is 29.5. The molecule has 0 fully saturated rings. The Labute approximate surface area is 232 Å². The molecule has 1 aliphatic heterocycles. The molecule has 0 bridgehead atoms. The largest absolute Gasteiger partial charge is 0.374 e. The van der Waals surface area contributed by atoms with E-state index in [2.05, 4.69) is 37.7 Å². The van der Waals surface area contributed by atoms with Gasteiger partial charge in [0.2, 0.25) is 5.65 Å². The van der Waals surface area contributed by atoms with Crippen LogP contribution in [0.5, 0.6) is 0 Å². The summed E-state index contributed by atoms with van der Waals surface area (Å²) in [5, 5.41) is 21.7. The monoisotopic (exact) mass is 561 g/mol. The lowest BCUT2D eigenvalue weighted by molar-refractivity contribution is -0.894. The van der Waals surface area contributed by atoms with E-state index < -0.39 is 19.1 Å². The Hall–Kier alpha value is -3.45. The van der Waals surface area contributed by atoms with Crippen LogP contribution in [0.3, 0.4) is 0 Å². The van der Waals surface area contributed by atoms with Crippen molar-refractivity contribution in [2.45, 2.75) is 57.9 Å². The van der Waals surface area contributed by atoms with Crippen LogP contribution in [0, 0.1) is 0 Å². The molecule has 3 aromatic heterocycles. The molecule has 0 aliphatic carbocycles. The summed E-state index contributed by atoms with van der Waals surface area (Å²) in [5.74, 6) is 1.23. The lowest BCUT2D eigenvalue weighted by atomic mass is 10.1. The van der Waals surface area contributed by atoms with Crippen LogP contribution >= 0.6 is 0 Å². The van der Waals surface area contributed by atoms with E-state index >= 15 is 0 Å². The maximum absolute atomic E-state index is 12.5. The second kappa shape index (κ2) is 14.3. The number of pyridine rings is 1. The van der Waals surface area contributed by atoms with E-state index in [-0.39, 0.29) is 12.4 Å². The van der Waals surface area contributed by atoms with Crippen molar-refractivity contribution in [2.24, 2.45) is 7.05 Å². The number of hydrogen-bond donors (Lipinski definition) is 3. The van der Waals surface area contributed by atoms with E-state index in [9.17, 15) is 18.8 Å². The Kier molecular flexibility index (Phi) is 10.5. The molecule has 4 heterocycles. The van der Waals surface area contributed by atoms with Crippen LogP contribution in [0.25, 0.3) is 11.0 Å². The summed E-state index contributed by atoms with van der Waals surface area (Å²) in [5.41, 5.74) is 2.88. The highest BCUT2D eigenvalue weighted by molar-refractivity contribution is 5.89. The van der Waals surface area contributed by atoms with Gasteiger partial charge < -0.3 is 20.2 Å². The van der Waals surface area contributed by atoms with Crippen LogP contribution in [0.1, 0.15) is 43.9 Å². The number of Topliss-reactive ketones (excluding diaryl/α,β-unsaturated/α-hetero) is 1. The summed E-state index contributed by atoms with van der Waals surface area (Å²) in [6, 6.07) is 3.67. The van der Waals surface area contributed by atoms with Gasteiger partial charge in [-0.3, -0.25) is 10.1 Å². The summed E-state index contributed by atoms with van der Waals surface area (Å²) < 4.78 is 32.6. The zero-order valence-electron chi connectivity index (χ0n) is 23.2. The second-order valence-electron chi connectivity index (χ2n) is 10.1. The number of halogens is 2. The van der Waals surface area contributed by atoms with Crippen LogP contribution in [0.2, 0.25) is 0 Å². The zero-order valence-corrected chi connectivity index (χ0v) is 23.2. The lowest BCUT2D eigenvalue weighted by Crippen LogP contribution is -2.41. The van der Waals surface area contributed by atoms with E-state index in [1.165, 1.54) is 18.8 Å². The maximum Gasteiger partial charge on any atom is 0.274 e. The number of carbonyl (C=O) groups excluding carboxylic acids is 1. The predicted octanol–water partition coefficient (Wildman–Crippen LogP) is 2.61. The molecule has 0 spiro atoms. The average molecular weight is 562 g/mol. The number of alkyl halides is 2. The van der Waals surface area contributed by atoms with E-state index in [0.717, 1.165) is 61.4 Å². The van der Waals surface area contributed by atoms with Crippen molar-refractivity contribution in [3.05, 3.63) is 35.9 Å². The number of hydrogen-bond acceptors (Lipinski definition) is 9. The van der Waals surface area contributed by atoms with E-state index in [0.29, 0.717) is 36.4 Å². The third kappa shape index (κ3) is 8.04. The van der Waals surface area contributed by atoms with Gasteiger partial charge in [-0.15, -0.1) is 0 Å². The number of nitrogens with zero attached hydrogens (tertiary/aromatic N) is 6. The van der Waals surface area contributed by atoms with Gasteiger partial charge in [-0.05, 0) is 57.2 Å². The first-order valence-electron chi connectivity index (χ1n) is 13.8. The molecule has 218 valence electrons. The number of rotatable bonds is 16. The molecule has 0 saturated carbocycles. The highest BCUT2D eigenvalue weighted by Gasteiger charge is 2.25. The molecule has 0 aromatic carbocycles. The van der Waals surface area contributed by atoms with Gasteiger partial charge in [-0.2, -0.15) is 5.10 Å². The number of aryl methyl sites for hydroxylation is 3. The smallest absolute Gasteiger partial charge is 0.274 e. The lowest BCUT2D eigenvalue weighted by Gasteiger charge is -2.24. The van der Waals surface area contributed by atoms with Crippen molar-refractivity contribution in [1.29, 1.82) is 0 Å². The van der Waals surface area contributed by atoms with Gasteiger partial charge in [0.25, 0.3) is 18.6 Å². The Morgan fingerprint density at radius 3 is 2.95 bits per heavy atom. The quantitative estimate of drug-likeness (QED) is 0.138. The minimum absolute atomic E-state index is 0.0881. The van der Waals surface area contributed by atoms with Crippen molar-refractivity contribution < 1.29 is 28.2 Å². The first-order chi connectivity index (χ1) is 19.3. The summed E-state index contributed by atoms with van der Waals surface area (Å²) in [4.78, 5) is 23.6. The normalized spacial score (nSPS) is 13.9. The van der Waals surface area contributed by atoms with Crippen molar-refractivity contribution in [1.82, 2.24) is 24.6 Å². The van der Waals surface area contributed by atoms with Crippen molar-refractivity contribution in [2.75, 3.05) is 50.0 Å². The SMILES string of the molecule is CC(=O)[C@H](CCN(CCCCc1ccc2c(n1)NCCC2)CCOCC(F)F)Nc1c2cnn(C)c2nc[n+]1O. The Bertz CT molecular complexity index is 1270. The highest BCUT2D eigenvalue weighted by atomic mass is 19.3. The highest BCUT2D eigenvalue weighted by Crippen LogP contribution is 2.21. The third-order valence-corrected chi connectivity index (χ3v) is 7.12. The first-order valence-corrected chi connectivity index (χ1v) is 13.8. The molecule has 0 amide bonds. The summed E-state index contributed by atoms with van der Waals surface area (Å²) in [7, 11) is 1.75. The van der Waals surface area contributed by atoms with Crippen LogP contribution < -0.4 is 15.4 Å². The standard InChI is InChI=1S/C27H38F2N8O3/c1-19(38)23(34-27-22-16-32-35(2)26(22)31-18-37(27)39)10-13-36(14-15-40-17-24(28)29)12-4-3-7-21-9-8-20-6-5-11-30-25(20)33-21/h8-9,16,18,23-24,39H,3-7,10-15,17H2,1-2H3,(H,30,33)/p+1/t23-/m0/s1. The van der Waals surface area contributed by atoms with Crippen molar-refractivity contribution >= 4 is 28.5 Å². The molecule has 1 atom stereocenters. The number of fused-ring (bicyclic) bond motifs is 2. The minimum atomic E-state index is -2.51. The van der Waals surface area contributed by atoms with Crippen LogP contribution in [-0.4, -0.2) is 87.5 Å². The molecule has 40 heavy (non-hydrogen) atoms. The predicted molar refractivity (Wildman–Crippen MR) is 146 cm³/mol. The van der Waals surface area contributed by atoms with Gasteiger partial charge in [-0.1, -0.05) is 15.8 Å². The van der Waals surface area contributed by atoms with E-state index in [1.807, 2.05) is 0 Å². The zero-order chi connectivity index (χ0) is 28.5. The molecule has 13 heteroatoms. The Morgan fingerprint density at radius 2 is 2.15 bits per heavy atom. The molecule has 3 aromatic rings. The summed E-state index contributed by atoms with van der Waals surface area (Å²) in [6.45, 7) is 3.78. The number of ketones is 1. The van der Waals surface area contributed by atoms with Crippen LogP contribution in [0.4, 0.5) is 20.4 Å². The molecule has 1 aliphatic rings. The number of anilines is 2. The van der Waals surface area contributed by atoms with Gasteiger partial charge in [0, 0.05) is 38.8 Å².